The van der Waals surface area contributed by atoms with Gasteiger partial charge in [0.2, 0.25) is 17.6 Å². The SMILES string of the molecule is N#Cc1ccc2c(n1)CCCN2C(=O)CCc1nc(-c2cccs2)no1. The molecule has 0 saturated heterocycles. The number of nitrogens with zero attached hydrogens (tertiary/aromatic N) is 5. The molecule has 0 aliphatic carbocycles. The Hall–Kier alpha value is -3.05. The van der Waals surface area contributed by atoms with E-state index in [2.05, 4.69) is 15.1 Å². The fraction of sp³-hybridized carbons (Fsp3) is 0.278. The largest absolute Gasteiger partial charge is 0.339 e. The number of thiophene rings is 1. The van der Waals surface area contributed by atoms with E-state index in [0.29, 0.717) is 30.4 Å². The smallest absolute Gasteiger partial charge is 0.227 e. The second-order valence-corrected chi connectivity index (χ2v) is 6.86. The molecule has 0 unspecified atom stereocenters. The Morgan fingerprint density at radius 3 is 3.08 bits per heavy atom. The van der Waals surface area contributed by atoms with Crippen molar-refractivity contribution in [3.8, 4) is 16.8 Å². The third kappa shape index (κ3) is 3.21. The number of aryl methyl sites for hydroxylation is 2. The molecule has 0 aromatic carbocycles. The summed E-state index contributed by atoms with van der Waals surface area (Å²) in [7, 11) is 0. The minimum atomic E-state index is -0.00617. The minimum absolute atomic E-state index is 0.00617. The molecule has 3 aromatic heterocycles. The van der Waals surface area contributed by atoms with Crippen LogP contribution in [-0.4, -0.2) is 27.6 Å². The lowest BCUT2D eigenvalue weighted by molar-refractivity contribution is -0.118. The zero-order valence-corrected chi connectivity index (χ0v) is 14.7. The van der Waals surface area contributed by atoms with E-state index >= 15 is 0 Å². The number of rotatable bonds is 4. The second-order valence-electron chi connectivity index (χ2n) is 5.91. The van der Waals surface area contributed by atoms with Gasteiger partial charge in [0.25, 0.3) is 0 Å². The Balaban J connectivity index is 1.44. The molecule has 0 fully saturated rings. The zero-order valence-electron chi connectivity index (χ0n) is 13.9. The molecule has 1 aliphatic heterocycles. The average Bonchev–Trinajstić information content (AvgIpc) is 3.36. The number of aromatic nitrogens is 3. The lowest BCUT2D eigenvalue weighted by Gasteiger charge is -2.28. The number of carbonyl (C=O) groups is 1. The molecule has 26 heavy (non-hydrogen) atoms. The van der Waals surface area contributed by atoms with Gasteiger partial charge in [0, 0.05) is 19.4 Å². The van der Waals surface area contributed by atoms with Crippen molar-refractivity contribution < 1.29 is 9.32 Å². The van der Waals surface area contributed by atoms with Crippen LogP contribution in [0.25, 0.3) is 10.7 Å². The fourth-order valence-corrected chi connectivity index (χ4v) is 3.63. The Morgan fingerprint density at radius 1 is 1.35 bits per heavy atom. The Morgan fingerprint density at radius 2 is 2.27 bits per heavy atom. The monoisotopic (exact) mass is 365 g/mol. The van der Waals surface area contributed by atoms with Crippen LogP contribution >= 0.6 is 11.3 Å². The van der Waals surface area contributed by atoms with E-state index in [9.17, 15) is 4.79 Å². The van der Waals surface area contributed by atoms with Gasteiger partial charge in [-0.2, -0.15) is 10.2 Å². The molecule has 4 rings (SSSR count). The van der Waals surface area contributed by atoms with Crippen LogP contribution in [0.3, 0.4) is 0 Å². The predicted octanol–water partition coefficient (Wildman–Crippen LogP) is 2.98. The third-order valence-corrected chi connectivity index (χ3v) is 5.08. The first-order chi connectivity index (χ1) is 12.7. The number of hydrogen-bond acceptors (Lipinski definition) is 7. The molecule has 0 atom stereocenters. The first-order valence-electron chi connectivity index (χ1n) is 8.31. The molecular weight excluding hydrogens is 350 g/mol. The molecular formula is C18H15N5O2S. The van der Waals surface area contributed by atoms with Crippen LogP contribution in [0.2, 0.25) is 0 Å². The summed E-state index contributed by atoms with van der Waals surface area (Å²) in [4.78, 5) is 24.0. The maximum atomic E-state index is 12.7. The van der Waals surface area contributed by atoms with Gasteiger partial charge >= 0.3 is 0 Å². The number of hydrogen-bond donors (Lipinski definition) is 0. The van der Waals surface area contributed by atoms with Crippen molar-refractivity contribution in [2.45, 2.75) is 25.7 Å². The molecule has 3 aromatic rings. The molecule has 4 heterocycles. The number of fused-ring (bicyclic) bond motifs is 1. The lowest BCUT2D eigenvalue weighted by Crippen LogP contribution is -2.36. The summed E-state index contributed by atoms with van der Waals surface area (Å²) in [5, 5.41) is 14.9. The second kappa shape index (κ2) is 7.06. The Labute approximate surface area is 153 Å². The summed E-state index contributed by atoms with van der Waals surface area (Å²) in [6.45, 7) is 0.656. The van der Waals surface area contributed by atoms with Gasteiger partial charge in [-0.05, 0) is 36.4 Å². The molecule has 0 N–H and O–H groups in total. The van der Waals surface area contributed by atoms with Gasteiger partial charge < -0.3 is 9.42 Å². The first-order valence-corrected chi connectivity index (χ1v) is 9.19. The van der Waals surface area contributed by atoms with Crippen LogP contribution < -0.4 is 4.90 Å². The summed E-state index contributed by atoms with van der Waals surface area (Å²) >= 11 is 1.54. The van der Waals surface area contributed by atoms with Crippen molar-refractivity contribution in [3.63, 3.8) is 0 Å². The highest BCUT2D eigenvalue weighted by Crippen LogP contribution is 2.27. The van der Waals surface area contributed by atoms with Gasteiger partial charge in [-0.3, -0.25) is 4.79 Å². The Bertz CT molecular complexity index is 974. The van der Waals surface area contributed by atoms with Crippen LogP contribution in [0.5, 0.6) is 0 Å². The van der Waals surface area contributed by atoms with Crippen molar-refractivity contribution >= 4 is 22.9 Å². The molecule has 0 radical (unpaired) electrons. The van der Waals surface area contributed by atoms with E-state index in [4.69, 9.17) is 9.78 Å². The highest BCUT2D eigenvalue weighted by Gasteiger charge is 2.24. The molecule has 130 valence electrons. The van der Waals surface area contributed by atoms with Gasteiger partial charge in [0.1, 0.15) is 11.8 Å². The maximum absolute atomic E-state index is 12.7. The molecule has 0 spiro atoms. The molecule has 8 heteroatoms. The Kier molecular flexibility index (Phi) is 4.46. The fourth-order valence-electron chi connectivity index (χ4n) is 2.98. The van der Waals surface area contributed by atoms with Crippen LogP contribution in [0.1, 0.15) is 30.1 Å². The van der Waals surface area contributed by atoms with Gasteiger partial charge in [-0.15, -0.1) is 11.3 Å². The van der Waals surface area contributed by atoms with Crippen LogP contribution in [-0.2, 0) is 17.6 Å². The number of carbonyl (C=O) groups excluding carboxylic acids is 1. The van der Waals surface area contributed by atoms with Crippen molar-refractivity contribution in [3.05, 3.63) is 46.9 Å². The van der Waals surface area contributed by atoms with E-state index in [1.54, 1.807) is 28.4 Å². The highest BCUT2D eigenvalue weighted by atomic mass is 32.1. The van der Waals surface area contributed by atoms with Crippen molar-refractivity contribution in [2.75, 3.05) is 11.4 Å². The average molecular weight is 365 g/mol. The summed E-state index contributed by atoms with van der Waals surface area (Å²) in [6, 6.07) is 9.35. The van der Waals surface area contributed by atoms with Crippen molar-refractivity contribution in [1.82, 2.24) is 15.1 Å². The summed E-state index contributed by atoms with van der Waals surface area (Å²) in [5.74, 6) is 1.00. The first kappa shape index (κ1) is 16.4. The minimum Gasteiger partial charge on any atom is -0.339 e. The highest BCUT2D eigenvalue weighted by molar-refractivity contribution is 7.13. The van der Waals surface area contributed by atoms with E-state index in [1.165, 1.54) is 0 Å². The van der Waals surface area contributed by atoms with Crippen molar-refractivity contribution in [1.29, 1.82) is 5.26 Å². The van der Waals surface area contributed by atoms with Crippen LogP contribution in [0.4, 0.5) is 5.69 Å². The summed E-state index contributed by atoms with van der Waals surface area (Å²) in [5.41, 5.74) is 1.98. The van der Waals surface area contributed by atoms with E-state index < -0.39 is 0 Å². The van der Waals surface area contributed by atoms with Gasteiger partial charge in [0.15, 0.2) is 0 Å². The number of pyridine rings is 1. The number of amides is 1. The van der Waals surface area contributed by atoms with E-state index in [1.807, 2.05) is 23.6 Å². The number of anilines is 1. The topological polar surface area (TPSA) is 95.9 Å². The van der Waals surface area contributed by atoms with Gasteiger partial charge in [0.05, 0.1) is 16.3 Å². The lowest BCUT2D eigenvalue weighted by atomic mass is 10.1. The molecule has 1 amide bonds. The van der Waals surface area contributed by atoms with Crippen LogP contribution in [0, 0.1) is 11.3 Å². The third-order valence-electron chi connectivity index (χ3n) is 4.21. The summed E-state index contributed by atoms with van der Waals surface area (Å²) in [6.07, 6.45) is 2.30. The zero-order chi connectivity index (χ0) is 17.9. The van der Waals surface area contributed by atoms with E-state index in [0.717, 1.165) is 29.1 Å². The quantitative estimate of drug-likeness (QED) is 0.705. The normalized spacial score (nSPS) is 13.3. The van der Waals surface area contributed by atoms with Gasteiger partial charge in [-0.1, -0.05) is 11.2 Å². The van der Waals surface area contributed by atoms with Crippen LogP contribution in [0.15, 0.2) is 34.2 Å². The van der Waals surface area contributed by atoms with E-state index in [-0.39, 0.29) is 12.3 Å². The molecule has 0 bridgehead atoms. The number of nitriles is 1. The summed E-state index contributed by atoms with van der Waals surface area (Å²) < 4.78 is 5.25. The van der Waals surface area contributed by atoms with Gasteiger partial charge in [-0.25, -0.2) is 4.98 Å². The maximum Gasteiger partial charge on any atom is 0.227 e. The molecule has 1 aliphatic rings. The van der Waals surface area contributed by atoms with Crippen molar-refractivity contribution in [2.24, 2.45) is 0 Å². The molecule has 7 nitrogen and oxygen atoms in total. The predicted molar refractivity (Wildman–Crippen MR) is 95.6 cm³/mol. The molecule has 0 saturated carbocycles. The standard InChI is InChI=1S/C18H15N5O2S/c19-11-12-5-6-14-13(20-12)3-1-9-23(14)17(24)8-7-16-21-18(22-25-16)15-4-2-10-26-15/h2,4-6,10H,1,3,7-9H2.